The fraction of sp³-hybridized carbons (Fsp3) is 0.667. The molecular weight excluding hydrogens is 172 g/mol. The van der Waals surface area contributed by atoms with Gasteiger partial charge in [0.1, 0.15) is 0 Å². The Bertz CT molecular complexity index is 234. The summed E-state index contributed by atoms with van der Waals surface area (Å²) in [4.78, 5) is 11.1. The zero-order valence-electron chi connectivity index (χ0n) is 7.73. The molecule has 1 rings (SSSR count). The lowest BCUT2D eigenvalue weighted by molar-refractivity contribution is -0.137. The standard InChI is InChI=1S/C9H14O4/c1-5-3-6(9(12)13-2)4-7(10)8(5)11/h3,5,7-8,10-11H,4H2,1-2H3. The predicted octanol–water partition coefficient (Wildman–Crippen LogP) is -0.153. The second-order valence-corrected chi connectivity index (χ2v) is 3.30. The van der Waals surface area contributed by atoms with Gasteiger partial charge < -0.3 is 14.9 Å². The minimum absolute atomic E-state index is 0.165. The van der Waals surface area contributed by atoms with Crippen molar-refractivity contribution in [1.82, 2.24) is 0 Å². The molecule has 0 amide bonds. The maximum atomic E-state index is 11.1. The minimum Gasteiger partial charge on any atom is -0.466 e. The van der Waals surface area contributed by atoms with Gasteiger partial charge in [0.25, 0.3) is 0 Å². The van der Waals surface area contributed by atoms with E-state index in [2.05, 4.69) is 4.74 Å². The normalized spacial score (nSPS) is 33.8. The maximum Gasteiger partial charge on any atom is 0.333 e. The molecule has 0 aromatic heterocycles. The van der Waals surface area contributed by atoms with Gasteiger partial charge in [-0.05, 0) is 0 Å². The van der Waals surface area contributed by atoms with Crippen LogP contribution in [0.25, 0.3) is 0 Å². The first-order valence-corrected chi connectivity index (χ1v) is 4.21. The van der Waals surface area contributed by atoms with Crippen molar-refractivity contribution in [2.45, 2.75) is 25.6 Å². The number of aliphatic hydroxyl groups excluding tert-OH is 2. The number of aliphatic hydroxyl groups is 2. The molecule has 3 unspecified atom stereocenters. The van der Waals surface area contributed by atoms with Gasteiger partial charge in [0.15, 0.2) is 0 Å². The third-order valence-electron chi connectivity index (χ3n) is 2.27. The van der Waals surface area contributed by atoms with Crippen LogP contribution in [0.3, 0.4) is 0 Å². The number of hydrogen-bond acceptors (Lipinski definition) is 4. The monoisotopic (exact) mass is 186 g/mol. The lowest BCUT2D eigenvalue weighted by Gasteiger charge is -2.27. The topological polar surface area (TPSA) is 66.8 Å². The lowest BCUT2D eigenvalue weighted by atomic mass is 9.87. The fourth-order valence-electron chi connectivity index (χ4n) is 1.46. The Hall–Kier alpha value is -0.870. The van der Waals surface area contributed by atoms with Crippen molar-refractivity contribution in [3.63, 3.8) is 0 Å². The maximum absolute atomic E-state index is 11.1. The third kappa shape index (κ3) is 2.08. The molecule has 0 saturated heterocycles. The molecule has 74 valence electrons. The van der Waals surface area contributed by atoms with Crippen LogP contribution in [0.4, 0.5) is 0 Å². The number of methoxy groups -OCH3 is 1. The van der Waals surface area contributed by atoms with E-state index in [4.69, 9.17) is 0 Å². The summed E-state index contributed by atoms with van der Waals surface area (Å²) in [6.45, 7) is 1.75. The van der Waals surface area contributed by atoms with E-state index < -0.39 is 18.2 Å². The molecule has 13 heavy (non-hydrogen) atoms. The van der Waals surface area contributed by atoms with Crippen molar-refractivity contribution in [2.24, 2.45) is 5.92 Å². The van der Waals surface area contributed by atoms with Gasteiger partial charge in [-0.3, -0.25) is 0 Å². The Morgan fingerprint density at radius 2 is 2.23 bits per heavy atom. The second-order valence-electron chi connectivity index (χ2n) is 3.30. The van der Waals surface area contributed by atoms with Gasteiger partial charge in [-0.15, -0.1) is 0 Å². The predicted molar refractivity (Wildman–Crippen MR) is 45.9 cm³/mol. The van der Waals surface area contributed by atoms with Gasteiger partial charge in [0, 0.05) is 17.9 Å². The summed E-state index contributed by atoms with van der Waals surface area (Å²) in [5.74, 6) is -0.643. The average Bonchev–Trinajstić information content (AvgIpc) is 2.12. The Kier molecular flexibility index (Phi) is 3.06. The van der Waals surface area contributed by atoms with Crippen molar-refractivity contribution in [2.75, 3.05) is 7.11 Å². The molecule has 0 saturated carbocycles. The summed E-state index contributed by atoms with van der Waals surface area (Å²) < 4.78 is 4.52. The fourth-order valence-corrected chi connectivity index (χ4v) is 1.46. The van der Waals surface area contributed by atoms with Crippen molar-refractivity contribution in [1.29, 1.82) is 0 Å². The van der Waals surface area contributed by atoms with E-state index in [1.807, 2.05) is 0 Å². The van der Waals surface area contributed by atoms with Crippen LogP contribution in [0.2, 0.25) is 0 Å². The SMILES string of the molecule is COC(=O)C1=CC(C)C(O)C(O)C1. The second kappa shape index (κ2) is 3.89. The minimum atomic E-state index is -0.867. The van der Waals surface area contributed by atoms with Crippen molar-refractivity contribution < 1.29 is 19.7 Å². The molecule has 1 aliphatic rings. The molecule has 3 atom stereocenters. The average molecular weight is 186 g/mol. The first-order valence-electron chi connectivity index (χ1n) is 4.21. The third-order valence-corrected chi connectivity index (χ3v) is 2.27. The first-order chi connectivity index (χ1) is 6.06. The van der Waals surface area contributed by atoms with Crippen LogP contribution in [0.15, 0.2) is 11.6 Å². The van der Waals surface area contributed by atoms with Crippen LogP contribution in [-0.4, -0.2) is 35.5 Å². The summed E-state index contributed by atoms with van der Waals surface area (Å²) in [6, 6.07) is 0. The Morgan fingerprint density at radius 1 is 1.62 bits per heavy atom. The summed E-state index contributed by atoms with van der Waals surface area (Å²) in [6.07, 6.45) is 0.156. The zero-order chi connectivity index (χ0) is 10.0. The molecule has 2 N–H and O–H groups in total. The van der Waals surface area contributed by atoms with Gasteiger partial charge in [-0.1, -0.05) is 13.0 Å². The molecule has 0 spiro atoms. The van der Waals surface area contributed by atoms with E-state index in [0.717, 1.165) is 0 Å². The van der Waals surface area contributed by atoms with E-state index in [9.17, 15) is 15.0 Å². The van der Waals surface area contributed by atoms with Gasteiger partial charge in [0.2, 0.25) is 0 Å². The highest BCUT2D eigenvalue weighted by molar-refractivity contribution is 5.88. The van der Waals surface area contributed by atoms with Crippen LogP contribution in [0.1, 0.15) is 13.3 Å². The first kappa shape index (κ1) is 10.2. The summed E-state index contributed by atoms with van der Waals surface area (Å²) in [7, 11) is 1.30. The molecule has 0 aliphatic heterocycles. The molecule has 0 heterocycles. The van der Waals surface area contributed by atoms with Crippen molar-refractivity contribution in [3.05, 3.63) is 11.6 Å². The molecule has 0 bridgehead atoms. The van der Waals surface area contributed by atoms with Gasteiger partial charge in [-0.2, -0.15) is 0 Å². The van der Waals surface area contributed by atoms with E-state index in [-0.39, 0.29) is 12.3 Å². The van der Waals surface area contributed by atoms with Crippen LogP contribution in [-0.2, 0) is 9.53 Å². The summed E-state index contributed by atoms with van der Waals surface area (Å²) in [5, 5.41) is 18.7. The van der Waals surface area contributed by atoms with Gasteiger partial charge >= 0.3 is 5.97 Å². The van der Waals surface area contributed by atoms with Crippen LogP contribution < -0.4 is 0 Å². The molecule has 0 aromatic rings. The Balaban J connectivity index is 2.78. The highest BCUT2D eigenvalue weighted by atomic mass is 16.5. The Labute approximate surface area is 76.8 Å². The van der Waals surface area contributed by atoms with Crippen molar-refractivity contribution >= 4 is 5.97 Å². The molecule has 0 fully saturated rings. The zero-order valence-corrected chi connectivity index (χ0v) is 7.73. The van der Waals surface area contributed by atoms with Crippen LogP contribution in [0.5, 0.6) is 0 Å². The number of carbonyl (C=O) groups is 1. The number of carbonyl (C=O) groups excluding carboxylic acids is 1. The largest absolute Gasteiger partial charge is 0.466 e. The van der Waals surface area contributed by atoms with Gasteiger partial charge in [-0.25, -0.2) is 4.79 Å². The van der Waals surface area contributed by atoms with E-state index in [0.29, 0.717) is 5.57 Å². The molecule has 4 heteroatoms. The van der Waals surface area contributed by atoms with Crippen LogP contribution in [0, 0.1) is 5.92 Å². The summed E-state index contributed by atoms with van der Waals surface area (Å²) >= 11 is 0. The summed E-state index contributed by atoms with van der Waals surface area (Å²) in [5.41, 5.74) is 0.438. The number of hydrogen-bond donors (Lipinski definition) is 2. The number of ether oxygens (including phenoxy) is 1. The lowest BCUT2D eigenvalue weighted by Crippen LogP contribution is -2.36. The molecule has 0 aromatic carbocycles. The molecule has 1 aliphatic carbocycles. The molecule has 4 nitrogen and oxygen atoms in total. The molecule has 0 radical (unpaired) electrons. The molecular formula is C9H14O4. The Morgan fingerprint density at radius 3 is 2.69 bits per heavy atom. The van der Waals surface area contributed by atoms with E-state index >= 15 is 0 Å². The van der Waals surface area contributed by atoms with E-state index in [1.54, 1.807) is 13.0 Å². The highest BCUT2D eigenvalue weighted by Gasteiger charge is 2.30. The quantitative estimate of drug-likeness (QED) is 0.559. The van der Waals surface area contributed by atoms with Crippen molar-refractivity contribution in [3.8, 4) is 0 Å². The van der Waals surface area contributed by atoms with Crippen LogP contribution >= 0.6 is 0 Å². The van der Waals surface area contributed by atoms with Gasteiger partial charge in [0.05, 0.1) is 19.3 Å². The van der Waals surface area contributed by atoms with E-state index in [1.165, 1.54) is 7.11 Å². The number of esters is 1. The highest BCUT2D eigenvalue weighted by Crippen LogP contribution is 2.24. The number of rotatable bonds is 1. The smallest absolute Gasteiger partial charge is 0.333 e.